The quantitative estimate of drug-likeness (QED) is 0.0654. The number of carbonyl (C=O) groups excluding carboxylic acids is 2. The number of unbranched alkanes of at least 4 members (excludes halogenated alkanes) is 3. The number of esters is 1. The molecule has 0 radical (unpaired) electrons. The number of likely N-dealkylation sites (tertiary alicyclic amines) is 1. The first-order valence-electron chi connectivity index (χ1n) is 18.3. The van der Waals surface area contributed by atoms with Crippen LogP contribution in [0.25, 0.3) is 0 Å². The van der Waals surface area contributed by atoms with E-state index in [4.69, 9.17) is 9.47 Å². The lowest BCUT2D eigenvalue weighted by molar-refractivity contribution is -0.149. The van der Waals surface area contributed by atoms with E-state index in [1.165, 1.54) is 11.1 Å². The van der Waals surface area contributed by atoms with Crippen molar-refractivity contribution in [2.45, 2.75) is 95.3 Å². The van der Waals surface area contributed by atoms with E-state index in [-0.39, 0.29) is 24.0 Å². The van der Waals surface area contributed by atoms with E-state index in [0.29, 0.717) is 25.1 Å². The number of piperidine rings is 1. The van der Waals surface area contributed by atoms with E-state index in [1.807, 2.05) is 50.2 Å². The maximum Gasteiger partial charge on any atom is 0.315 e. The fourth-order valence-electron chi connectivity index (χ4n) is 6.80. The highest BCUT2D eigenvalue weighted by molar-refractivity contribution is 5.96. The van der Waals surface area contributed by atoms with Gasteiger partial charge in [0.25, 0.3) is 0 Å². The van der Waals surface area contributed by atoms with E-state index in [9.17, 15) is 19.8 Å². The SMILES string of the molecule is CC(C)(C(=O)OCCCCCCN1C(O)C=CC1O)c1ccc(C(=O)CCCN2CCC(OC(c3ccccc3)c3ccccc3)CC2)cc1. The Kier molecular flexibility index (Phi) is 13.9. The molecule has 8 nitrogen and oxygen atoms in total. The van der Waals surface area contributed by atoms with Crippen LogP contribution in [0.15, 0.2) is 97.1 Å². The number of ketones is 1. The summed E-state index contributed by atoms with van der Waals surface area (Å²) in [6, 6.07) is 28.3. The molecular formula is C42H54N2O6. The highest BCUT2D eigenvalue weighted by Crippen LogP contribution is 2.30. The molecule has 2 aliphatic heterocycles. The maximum atomic E-state index is 13.0. The Balaban J connectivity index is 0.977. The second-order valence-corrected chi connectivity index (χ2v) is 14.1. The number of benzene rings is 3. The number of carbonyl (C=O) groups is 2. The minimum absolute atomic E-state index is 0.0764. The van der Waals surface area contributed by atoms with Crippen molar-refractivity contribution in [3.05, 3.63) is 119 Å². The highest BCUT2D eigenvalue weighted by atomic mass is 16.5. The Labute approximate surface area is 297 Å². The van der Waals surface area contributed by atoms with Gasteiger partial charge in [0.1, 0.15) is 18.6 Å². The predicted octanol–water partition coefficient (Wildman–Crippen LogP) is 6.81. The molecule has 2 N–H and O–H groups in total. The molecule has 2 heterocycles. The van der Waals surface area contributed by atoms with Gasteiger partial charge in [0, 0.05) is 31.6 Å². The summed E-state index contributed by atoms with van der Waals surface area (Å²) >= 11 is 0. The highest BCUT2D eigenvalue weighted by Gasteiger charge is 2.32. The van der Waals surface area contributed by atoms with Gasteiger partial charge in [-0.3, -0.25) is 9.59 Å². The number of hydrogen-bond donors (Lipinski definition) is 2. The van der Waals surface area contributed by atoms with Gasteiger partial charge in [-0.15, -0.1) is 0 Å². The van der Waals surface area contributed by atoms with Crippen molar-refractivity contribution < 1.29 is 29.3 Å². The molecule has 8 heteroatoms. The predicted molar refractivity (Wildman–Crippen MR) is 196 cm³/mol. The third-order valence-electron chi connectivity index (χ3n) is 10.1. The molecule has 0 amide bonds. The molecular weight excluding hydrogens is 628 g/mol. The van der Waals surface area contributed by atoms with Crippen LogP contribution in [0.3, 0.4) is 0 Å². The molecule has 2 aliphatic rings. The van der Waals surface area contributed by atoms with Crippen molar-refractivity contribution in [1.29, 1.82) is 0 Å². The Bertz CT molecular complexity index is 1450. The summed E-state index contributed by atoms with van der Waals surface area (Å²) < 4.78 is 12.3. The van der Waals surface area contributed by atoms with Crippen LogP contribution >= 0.6 is 0 Å². The number of aliphatic hydroxyl groups excluding tert-OH is 2. The first-order valence-corrected chi connectivity index (χ1v) is 18.3. The first kappa shape index (κ1) is 37.6. The third-order valence-corrected chi connectivity index (χ3v) is 10.1. The van der Waals surface area contributed by atoms with Gasteiger partial charge in [0.2, 0.25) is 0 Å². The fourth-order valence-corrected chi connectivity index (χ4v) is 6.80. The van der Waals surface area contributed by atoms with Crippen LogP contribution in [0.2, 0.25) is 0 Å². The molecule has 1 saturated heterocycles. The lowest BCUT2D eigenvalue weighted by Gasteiger charge is -2.34. The van der Waals surface area contributed by atoms with Crippen molar-refractivity contribution in [2.75, 3.05) is 32.8 Å². The lowest BCUT2D eigenvalue weighted by Crippen LogP contribution is -2.38. The Morgan fingerprint density at radius 1 is 0.760 bits per heavy atom. The molecule has 3 aromatic rings. The van der Waals surface area contributed by atoms with Crippen LogP contribution in [0.1, 0.15) is 98.4 Å². The topological polar surface area (TPSA) is 99.5 Å². The summed E-state index contributed by atoms with van der Waals surface area (Å²) in [6.07, 6.45) is 8.51. The minimum atomic E-state index is -0.825. The molecule has 0 aromatic heterocycles. The zero-order chi connectivity index (χ0) is 35.3. The zero-order valence-corrected chi connectivity index (χ0v) is 29.7. The van der Waals surface area contributed by atoms with Gasteiger partial charge in [-0.1, -0.05) is 97.8 Å². The molecule has 2 unspecified atom stereocenters. The number of ether oxygens (including phenoxy) is 2. The van der Waals surface area contributed by atoms with Crippen LogP contribution in [-0.4, -0.2) is 83.1 Å². The van der Waals surface area contributed by atoms with Crippen LogP contribution in [0, 0.1) is 0 Å². The van der Waals surface area contributed by atoms with Gasteiger partial charge in [-0.05, 0) is 81.3 Å². The number of rotatable bonds is 18. The molecule has 1 fully saturated rings. The monoisotopic (exact) mass is 682 g/mol. The largest absolute Gasteiger partial charge is 0.465 e. The molecule has 0 saturated carbocycles. The standard InChI is InChI=1S/C42H54N2O6/c1-42(2,41(48)49-31-12-4-3-11-28-44-38(46)23-24-39(44)47)35-21-19-32(20-22-35)37(45)18-13-27-43-29-25-36(26-30-43)50-40(33-14-7-5-8-15-33)34-16-9-6-10-17-34/h5-10,14-17,19-24,36,38-40,46-47H,3-4,11-13,18,25-31H2,1-2H3. The molecule has 268 valence electrons. The van der Waals surface area contributed by atoms with Crippen LogP contribution in [-0.2, 0) is 19.7 Å². The van der Waals surface area contributed by atoms with E-state index in [2.05, 4.69) is 53.4 Å². The van der Waals surface area contributed by atoms with Gasteiger partial charge in [-0.2, -0.15) is 0 Å². The summed E-state index contributed by atoms with van der Waals surface area (Å²) in [5.41, 5.74) is 3.01. The van der Waals surface area contributed by atoms with Crippen LogP contribution in [0.4, 0.5) is 0 Å². The average Bonchev–Trinajstić information content (AvgIpc) is 3.47. The maximum absolute atomic E-state index is 13.0. The molecule has 50 heavy (non-hydrogen) atoms. The number of Topliss-reactive ketones (excluding diaryl/α,β-unsaturated/α-hetero) is 1. The van der Waals surface area contributed by atoms with E-state index in [0.717, 1.165) is 70.1 Å². The summed E-state index contributed by atoms with van der Waals surface area (Å²) in [7, 11) is 0. The summed E-state index contributed by atoms with van der Waals surface area (Å²) in [5, 5.41) is 19.7. The Hall–Kier alpha value is -3.66. The normalized spacial score (nSPS) is 18.9. The van der Waals surface area contributed by atoms with Crippen LogP contribution < -0.4 is 0 Å². The summed E-state index contributed by atoms with van der Waals surface area (Å²) in [6.45, 7) is 7.47. The van der Waals surface area contributed by atoms with E-state index < -0.39 is 17.9 Å². The first-order chi connectivity index (χ1) is 24.2. The van der Waals surface area contributed by atoms with E-state index in [1.54, 1.807) is 17.1 Å². The molecule has 0 aliphatic carbocycles. The van der Waals surface area contributed by atoms with Crippen molar-refractivity contribution >= 4 is 11.8 Å². The van der Waals surface area contributed by atoms with Crippen molar-refractivity contribution in [1.82, 2.24) is 9.80 Å². The Morgan fingerprint density at radius 2 is 1.34 bits per heavy atom. The third kappa shape index (κ3) is 10.4. The van der Waals surface area contributed by atoms with E-state index >= 15 is 0 Å². The van der Waals surface area contributed by atoms with Crippen molar-refractivity contribution in [2.24, 2.45) is 0 Å². The zero-order valence-electron chi connectivity index (χ0n) is 29.7. The smallest absolute Gasteiger partial charge is 0.315 e. The van der Waals surface area contributed by atoms with Crippen molar-refractivity contribution in [3.8, 4) is 0 Å². The summed E-state index contributed by atoms with van der Waals surface area (Å²) in [4.78, 5) is 30.0. The molecule has 0 bridgehead atoms. The van der Waals surface area contributed by atoms with Gasteiger partial charge in [0.15, 0.2) is 5.78 Å². The average molecular weight is 683 g/mol. The lowest BCUT2D eigenvalue weighted by atomic mass is 9.84. The molecule has 0 spiro atoms. The van der Waals surface area contributed by atoms with Crippen molar-refractivity contribution in [3.63, 3.8) is 0 Å². The molecule has 3 aromatic carbocycles. The number of aliphatic hydroxyl groups is 2. The second-order valence-electron chi connectivity index (χ2n) is 14.1. The van der Waals surface area contributed by atoms with Gasteiger partial charge in [0.05, 0.1) is 18.1 Å². The Morgan fingerprint density at radius 3 is 1.94 bits per heavy atom. The van der Waals surface area contributed by atoms with Crippen LogP contribution in [0.5, 0.6) is 0 Å². The summed E-state index contributed by atoms with van der Waals surface area (Å²) in [5.74, 6) is -0.162. The number of nitrogens with zero attached hydrogens (tertiary/aromatic N) is 2. The molecule has 2 atom stereocenters. The second kappa shape index (κ2) is 18.5. The fraction of sp³-hybridized carbons (Fsp3) is 0.476. The number of hydrogen-bond acceptors (Lipinski definition) is 8. The van der Waals surface area contributed by atoms with Gasteiger partial charge >= 0.3 is 5.97 Å². The minimum Gasteiger partial charge on any atom is -0.465 e. The van der Waals surface area contributed by atoms with Gasteiger partial charge in [-0.25, -0.2) is 4.90 Å². The molecule has 5 rings (SSSR count). The van der Waals surface area contributed by atoms with Gasteiger partial charge < -0.3 is 24.6 Å².